The first-order valence-electron chi connectivity index (χ1n) is 6.32. The molecule has 0 amide bonds. The average Bonchev–Trinajstić information content (AvgIpc) is 3.06. The molecule has 1 aromatic carbocycles. The van der Waals surface area contributed by atoms with Crippen molar-refractivity contribution in [3.8, 4) is 5.75 Å². The first-order valence-corrected chi connectivity index (χ1v) is 7.11. The zero-order valence-electron chi connectivity index (χ0n) is 9.99. The Labute approximate surface area is 114 Å². The Morgan fingerprint density at radius 3 is 2.61 bits per heavy atom. The maximum Gasteiger partial charge on any atom is 0.314 e. The highest BCUT2D eigenvalue weighted by Crippen LogP contribution is 2.52. The van der Waals surface area contributed by atoms with Crippen LogP contribution in [0, 0.1) is 0 Å². The molecule has 2 fully saturated rings. The molecular weight excluding hydrogens is 296 g/mol. The largest absolute Gasteiger partial charge is 0.490 e. The monoisotopic (exact) mass is 310 g/mol. The predicted molar refractivity (Wildman–Crippen MR) is 71.0 cm³/mol. The molecule has 96 valence electrons. The molecule has 2 aliphatic rings. The van der Waals surface area contributed by atoms with E-state index >= 15 is 0 Å². The number of carboxylic acid groups (broad SMARTS) is 1. The molecule has 0 heterocycles. The normalized spacial score (nSPS) is 21.2. The molecule has 0 radical (unpaired) electrons. The molecule has 0 spiro atoms. The number of aliphatic carboxylic acids is 1. The van der Waals surface area contributed by atoms with E-state index < -0.39 is 11.4 Å². The van der Waals surface area contributed by atoms with E-state index in [4.69, 9.17) is 4.74 Å². The van der Waals surface area contributed by atoms with Crippen LogP contribution in [0.4, 0.5) is 0 Å². The van der Waals surface area contributed by atoms with E-state index in [1.54, 1.807) is 0 Å². The summed E-state index contributed by atoms with van der Waals surface area (Å²) in [5.41, 5.74) is 0.124. The van der Waals surface area contributed by atoms with E-state index in [0.29, 0.717) is 12.8 Å². The third-order valence-electron chi connectivity index (χ3n) is 3.96. The molecule has 1 aromatic rings. The fraction of sp³-hybridized carbons (Fsp3) is 0.500. The smallest absolute Gasteiger partial charge is 0.314 e. The van der Waals surface area contributed by atoms with Crippen molar-refractivity contribution >= 4 is 21.9 Å². The van der Waals surface area contributed by atoms with Crippen molar-refractivity contribution < 1.29 is 14.6 Å². The van der Waals surface area contributed by atoms with Crippen LogP contribution in [-0.2, 0) is 10.2 Å². The van der Waals surface area contributed by atoms with Crippen LogP contribution in [0.25, 0.3) is 0 Å². The van der Waals surface area contributed by atoms with Gasteiger partial charge in [0.25, 0.3) is 0 Å². The van der Waals surface area contributed by atoms with Crippen LogP contribution < -0.4 is 4.74 Å². The molecule has 0 saturated heterocycles. The third-order valence-corrected chi connectivity index (χ3v) is 4.46. The van der Waals surface area contributed by atoms with E-state index in [-0.39, 0.29) is 6.10 Å². The first-order chi connectivity index (χ1) is 8.62. The lowest BCUT2D eigenvalue weighted by Gasteiger charge is -2.28. The maximum atomic E-state index is 11.4. The summed E-state index contributed by atoms with van der Waals surface area (Å²) in [6.45, 7) is 0. The second kappa shape index (κ2) is 4.26. The SMILES string of the molecule is O=C(O)C1(c2cc(Br)ccc2OC2CCC2)CC1. The number of ether oxygens (including phenoxy) is 1. The van der Waals surface area contributed by atoms with E-state index in [9.17, 15) is 9.90 Å². The minimum absolute atomic E-state index is 0.273. The summed E-state index contributed by atoms with van der Waals surface area (Å²) in [5.74, 6) is 0.0156. The zero-order chi connectivity index (χ0) is 12.8. The zero-order valence-corrected chi connectivity index (χ0v) is 11.6. The molecule has 0 aliphatic heterocycles. The van der Waals surface area contributed by atoms with Gasteiger partial charge in [-0.05, 0) is 50.3 Å². The number of halogens is 1. The lowest BCUT2D eigenvalue weighted by molar-refractivity contribution is -0.140. The van der Waals surface area contributed by atoms with Gasteiger partial charge in [0.1, 0.15) is 5.75 Å². The van der Waals surface area contributed by atoms with Gasteiger partial charge in [-0.15, -0.1) is 0 Å². The van der Waals surface area contributed by atoms with Gasteiger partial charge in [0.15, 0.2) is 0 Å². The van der Waals surface area contributed by atoms with Gasteiger partial charge in [0.05, 0.1) is 11.5 Å². The van der Waals surface area contributed by atoms with Crippen molar-refractivity contribution in [2.24, 2.45) is 0 Å². The minimum Gasteiger partial charge on any atom is -0.490 e. The van der Waals surface area contributed by atoms with Gasteiger partial charge in [0.2, 0.25) is 0 Å². The van der Waals surface area contributed by atoms with E-state index in [1.807, 2.05) is 18.2 Å². The number of hydrogen-bond acceptors (Lipinski definition) is 2. The second-order valence-corrected chi connectivity index (χ2v) is 6.11. The van der Waals surface area contributed by atoms with Gasteiger partial charge in [-0.25, -0.2) is 0 Å². The Morgan fingerprint density at radius 2 is 2.11 bits per heavy atom. The lowest BCUT2D eigenvalue weighted by Crippen LogP contribution is -2.27. The molecule has 2 saturated carbocycles. The molecule has 3 rings (SSSR count). The van der Waals surface area contributed by atoms with Gasteiger partial charge in [0, 0.05) is 10.0 Å². The van der Waals surface area contributed by atoms with Crippen LogP contribution in [0.15, 0.2) is 22.7 Å². The molecule has 3 nitrogen and oxygen atoms in total. The van der Waals surface area contributed by atoms with E-state index in [2.05, 4.69) is 15.9 Å². The predicted octanol–water partition coefficient (Wildman–Crippen LogP) is 3.50. The standard InChI is InChI=1S/C14H15BrO3/c15-9-4-5-12(18-10-2-1-3-10)11(8-9)14(6-7-14)13(16)17/h4-5,8,10H,1-3,6-7H2,(H,16,17). The Bertz CT molecular complexity index is 490. The summed E-state index contributed by atoms with van der Waals surface area (Å²) >= 11 is 3.41. The highest BCUT2D eigenvalue weighted by molar-refractivity contribution is 9.10. The number of carbonyl (C=O) groups is 1. The summed E-state index contributed by atoms with van der Waals surface area (Å²) in [6.07, 6.45) is 5.06. The number of benzene rings is 1. The van der Waals surface area contributed by atoms with E-state index in [1.165, 1.54) is 6.42 Å². The third kappa shape index (κ3) is 1.92. The molecule has 0 unspecified atom stereocenters. The second-order valence-electron chi connectivity index (χ2n) is 5.20. The maximum absolute atomic E-state index is 11.4. The van der Waals surface area contributed by atoms with Crippen LogP contribution >= 0.6 is 15.9 Å². The highest BCUT2D eigenvalue weighted by atomic mass is 79.9. The fourth-order valence-corrected chi connectivity index (χ4v) is 2.73. The molecule has 0 atom stereocenters. The van der Waals surface area contributed by atoms with E-state index in [0.717, 1.165) is 28.6 Å². The van der Waals surface area contributed by atoms with Crippen LogP contribution in [0.2, 0.25) is 0 Å². The van der Waals surface area contributed by atoms with Gasteiger partial charge in [-0.1, -0.05) is 15.9 Å². The Kier molecular flexibility index (Phi) is 2.85. The Balaban J connectivity index is 1.95. The van der Waals surface area contributed by atoms with Crippen LogP contribution in [0.1, 0.15) is 37.7 Å². The van der Waals surface area contributed by atoms with Crippen molar-refractivity contribution in [1.29, 1.82) is 0 Å². The molecule has 0 aromatic heterocycles. The summed E-state index contributed by atoms with van der Waals surface area (Å²) in [5, 5.41) is 9.41. The summed E-state index contributed by atoms with van der Waals surface area (Å²) in [6, 6.07) is 5.70. The van der Waals surface area contributed by atoms with Crippen molar-refractivity contribution in [3.05, 3.63) is 28.2 Å². The molecule has 18 heavy (non-hydrogen) atoms. The van der Waals surface area contributed by atoms with Crippen LogP contribution in [0.3, 0.4) is 0 Å². The Hall–Kier alpha value is -1.03. The molecule has 1 N–H and O–H groups in total. The Morgan fingerprint density at radius 1 is 1.39 bits per heavy atom. The lowest BCUT2D eigenvalue weighted by atomic mass is 9.93. The number of rotatable bonds is 4. The topological polar surface area (TPSA) is 46.5 Å². The number of carboxylic acids is 1. The molecular formula is C14H15BrO3. The van der Waals surface area contributed by atoms with Gasteiger partial charge < -0.3 is 9.84 Å². The van der Waals surface area contributed by atoms with Crippen molar-refractivity contribution in [3.63, 3.8) is 0 Å². The van der Waals surface area contributed by atoms with Crippen LogP contribution in [-0.4, -0.2) is 17.2 Å². The summed E-state index contributed by atoms with van der Waals surface area (Å²) in [7, 11) is 0. The first kappa shape index (κ1) is 12.0. The van der Waals surface area contributed by atoms with Crippen molar-refractivity contribution in [2.45, 2.75) is 43.6 Å². The summed E-state index contributed by atoms with van der Waals surface area (Å²) in [4.78, 5) is 11.4. The molecule has 2 aliphatic carbocycles. The summed E-state index contributed by atoms with van der Waals surface area (Å²) < 4.78 is 6.84. The van der Waals surface area contributed by atoms with Crippen molar-refractivity contribution in [1.82, 2.24) is 0 Å². The van der Waals surface area contributed by atoms with Gasteiger partial charge >= 0.3 is 5.97 Å². The van der Waals surface area contributed by atoms with Crippen molar-refractivity contribution in [2.75, 3.05) is 0 Å². The average molecular weight is 311 g/mol. The molecule has 4 heteroatoms. The minimum atomic E-state index is -0.737. The quantitative estimate of drug-likeness (QED) is 0.926. The molecule has 0 bridgehead atoms. The number of hydrogen-bond donors (Lipinski definition) is 1. The van der Waals surface area contributed by atoms with Gasteiger partial charge in [-0.3, -0.25) is 4.79 Å². The fourth-order valence-electron chi connectivity index (χ4n) is 2.37. The van der Waals surface area contributed by atoms with Crippen LogP contribution in [0.5, 0.6) is 5.75 Å². The highest BCUT2D eigenvalue weighted by Gasteiger charge is 2.53. The van der Waals surface area contributed by atoms with Gasteiger partial charge in [-0.2, -0.15) is 0 Å².